The molecule has 3 N–H and O–H groups in total. The highest BCUT2D eigenvalue weighted by atomic mass is 35.5. The van der Waals surface area contributed by atoms with Crippen LogP contribution in [0.2, 0.25) is 5.02 Å². The predicted octanol–water partition coefficient (Wildman–Crippen LogP) is 2.25. The second-order valence-corrected chi connectivity index (χ2v) is 7.23. The Kier molecular flexibility index (Phi) is 7.86. The first-order valence-corrected chi connectivity index (χ1v) is 9.35. The van der Waals surface area contributed by atoms with Crippen molar-refractivity contribution in [2.45, 2.75) is 19.3 Å². The number of nitrogens with zero attached hydrogens (tertiary/aromatic N) is 2. The van der Waals surface area contributed by atoms with Crippen molar-refractivity contribution in [3.05, 3.63) is 46.7 Å². The van der Waals surface area contributed by atoms with E-state index < -0.39 is 0 Å². The largest absolute Gasteiger partial charge is 0.355 e. The van der Waals surface area contributed by atoms with Gasteiger partial charge in [-0.2, -0.15) is 5.10 Å². The summed E-state index contributed by atoms with van der Waals surface area (Å²) in [7, 11) is 1.86. The van der Waals surface area contributed by atoms with E-state index in [-0.39, 0.29) is 42.5 Å². The normalized spacial score (nSPS) is 18.4. The van der Waals surface area contributed by atoms with Gasteiger partial charge in [0.05, 0.1) is 12.1 Å². The first-order valence-electron chi connectivity index (χ1n) is 8.97. The molecule has 1 aliphatic rings. The van der Waals surface area contributed by atoms with E-state index in [1.807, 2.05) is 20.2 Å². The number of carbonyl (C=O) groups excluding carboxylic acids is 2. The van der Waals surface area contributed by atoms with Gasteiger partial charge in [-0.15, -0.1) is 12.4 Å². The van der Waals surface area contributed by atoms with E-state index in [2.05, 4.69) is 21.0 Å². The topological polar surface area (TPSA) is 88.1 Å². The van der Waals surface area contributed by atoms with Crippen molar-refractivity contribution in [1.82, 2.24) is 20.4 Å². The molecule has 0 bridgehead atoms. The van der Waals surface area contributed by atoms with Gasteiger partial charge in [-0.05, 0) is 30.2 Å². The third-order valence-electron chi connectivity index (χ3n) is 4.90. The Hall–Kier alpha value is -2.09. The molecule has 2 amide bonds. The Morgan fingerprint density at radius 3 is 2.86 bits per heavy atom. The number of anilines is 1. The van der Waals surface area contributed by atoms with E-state index in [1.165, 1.54) is 0 Å². The third kappa shape index (κ3) is 5.25. The number of rotatable bonds is 6. The summed E-state index contributed by atoms with van der Waals surface area (Å²) in [4.78, 5) is 24.7. The lowest BCUT2D eigenvalue weighted by atomic mass is 9.90. The van der Waals surface area contributed by atoms with Gasteiger partial charge in [0.2, 0.25) is 11.8 Å². The minimum absolute atomic E-state index is 0. The minimum Gasteiger partial charge on any atom is -0.355 e. The van der Waals surface area contributed by atoms with Crippen LogP contribution < -0.4 is 16.0 Å². The van der Waals surface area contributed by atoms with Crippen LogP contribution in [0, 0.1) is 12.8 Å². The number of aromatic nitrogens is 2. The molecule has 1 aromatic heterocycles. The Morgan fingerprint density at radius 1 is 1.36 bits per heavy atom. The van der Waals surface area contributed by atoms with Crippen LogP contribution in [0.1, 0.15) is 23.5 Å². The maximum Gasteiger partial charge on any atom is 0.226 e. The highest BCUT2D eigenvalue weighted by Crippen LogP contribution is 2.28. The van der Waals surface area contributed by atoms with E-state index in [9.17, 15) is 9.59 Å². The van der Waals surface area contributed by atoms with E-state index in [0.717, 1.165) is 17.7 Å². The molecule has 0 radical (unpaired) electrons. The maximum atomic E-state index is 12.5. The molecule has 2 aromatic rings. The summed E-state index contributed by atoms with van der Waals surface area (Å²) in [6.07, 6.45) is 3.95. The molecule has 3 rings (SSSR count). The Morgan fingerprint density at radius 2 is 2.14 bits per heavy atom. The highest BCUT2D eigenvalue weighted by Gasteiger charge is 2.34. The van der Waals surface area contributed by atoms with E-state index >= 15 is 0 Å². The average Bonchev–Trinajstić information content (AvgIpc) is 3.27. The molecule has 1 aromatic carbocycles. The average molecular weight is 426 g/mol. The summed E-state index contributed by atoms with van der Waals surface area (Å²) in [6.45, 7) is 3.52. The second-order valence-electron chi connectivity index (χ2n) is 6.82. The van der Waals surface area contributed by atoms with Gasteiger partial charge in [0, 0.05) is 55.9 Å². The van der Waals surface area contributed by atoms with Crippen LogP contribution in [0.5, 0.6) is 0 Å². The standard InChI is InChI=1S/C19H24ClN5O2.ClH/c1-12-16(20)4-3-5-17(12)24-18(26)6-7-22-19(27)15-10-21-9-14(15)13-8-23-25(2)11-13;/h3-5,8,11,14-15,21H,6-7,9-10H2,1-2H3,(H,22,27)(H,24,26);1H/t14-,15+;/m1./s1. The van der Waals surface area contributed by atoms with E-state index in [0.29, 0.717) is 23.8 Å². The lowest BCUT2D eigenvalue weighted by Crippen LogP contribution is -2.36. The van der Waals surface area contributed by atoms with Crippen molar-refractivity contribution >= 4 is 41.5 Å². The Bertz CT molecular complexity index is 839. The highest BCUT2D eigenvalue weighted by molar-refractivity contribution is 6.31. The smallest absolute Gasteiger partial charge is 0.226 e. The molecular weight excluding hydrogens is 401 g/mol. The number of hydrogen-bond donors (Lipinski definition) is 3. The molecule has 2 atom stereocenters. The molecule has 28 heavy (non-hydrogen) atoms. The molecule has 9 heteroatoms. The lowest BCUT2D eigenvalue weighted by molar-refractivity contribution is -0.124. The van der Waals surface area contributed by atoms with Crippen molar-refractivity contribution in [3.63, 3.8) is 0 Å². The molecule has 2 heterocycles. The zero-order chi connectivity index (χ0) is 19.4. The van der Waals surface area contributed by atoms with Gasteiger partial charge in [-0.25, -0.2) is 0 Å². The summed E-state index contributed by atoms with van der Waals surface area (Å²) < 4.78 is 1.74. The number of halogens is 2. The maximum absolute atomic E-state index is 12.5. The lowest BCUT2D eigenvalue weighted by Gasteiger charge is -2.17. The molecule has 1 fully saturated rings. The summed E-state index contributed by atoms with van der Waals surface area (Å²) in [5, 5.41) is 13.8. The molecular formula is C19H25Cl2N5O2. The Balaban J connectivity index is 0.00000280. The van der Waals surface area contributed by atoms with Crippen molar-refractivity contribution in [1.29, 1.82) is 0 Å². The summed E-state index contributed by atoms with van der Waals surface area (Å²) in [6, 6.07) is 5.37. The van der Waals surface area contributed by atoms with Crippen LogP contribution in [0.25, 0.3) is 0 Å². The van der Waals surface area contributed by atoms with Gasteiger partial charge in [0.1, 0.15) is 0 Å². The quantitative estimate of drug-likeness (QED) is 0.661. The van der Waals surface area contributed by atoms with Crippen LogP contribution in [0.15, 0.2) is 30.6 Å². The molecule has 152 valence electrons. The van der Waals surface area contributed by atoms with Gasteiger partial charge in [0.25, 0.3) is 0 Å². The van der Waals surface area contributed by atoms with E-state index in [4.69, 9.17) is 11.6 Å². The van der Waals surface area contributed by atoms with Crippen molar-refractivity contribution in [3.8, 4) is 0 Å². The van der Waals surface area contributed by atoms with Crippen LogP contribution in [0.3, 0.4) is 0 Å². The molecule has 7 nitrogen and oxygen atoms in total. The number of nitrogens with one attached hydrogen (secondary N) is 3. The fourth-order valence-corrected chi connectivity index (χ4v) is 3.50. The van der Waals surface area contributed by atoms with Crippen LogP contribution in [-0.2, 0) is 16.6 Å². The summed E-state index contributed by atoms with van der Waals surface area (Å²) >= 11 is 6.06. The second kappa shape index (κ2) is 9.91. The first-order chi connectivity index (χ1) is 13.0. The zero-order valence-electron chi connectivity index (χ0n) is 15.9. The zero-order valence-corrected chi connectivity index (χ0v) is 17.4. The summed E-state index contributed by atoms with van der Waals surface area (Å²) in [5.41, 5.74) is 2.57. The van der Waals surface area contributed by atoms with Gasteiger partial charge >= 0.3 is 0 Å². The van der Waals surface area contributed by atoms with Crippen molar-refractivity contribution < 1.29 is 9.59 Å². The minimum atomic E-state index is -0.160. The van der Waals surface area contributed by atoms with Gasteiger partial charge in [0.15, 0.2) is 0 Å². The molecule has 0 spiro atoms. The summed E-state index contributed by atoms with van der Waals surface area (Å²) in [5.74, 6) is -0.260. The first kappa shape index (κ1) is 22.2. The fraction of sp³-hybridized carbons (Fsp3) is 0.421. The Labute approximate surface area is 175 Å². The van der Waals surface area contributed by atoms with Gasteiger partial charge in [-0.3, -0.25) is 14.3 Å². The van der Waals surface area contributed by atoms with Crippen LogP contribution >= 0.6 is 24.0 Å². The van der Waals surface area contributed by atoms with Gasteiger partial charge < -0.3 is 16.0 Å². The molecule has 0 saturated carbocycles. The van der Waals surface area contributed by atoms with Crippen molar-refractivity contribution in [2.24, 2.45) is 13.0 Å². The molecule has 1 aliphatic heterocycles. The van der Waals surface area contributed by atoms with Crippen molar-refractivity contribution in [2.75, 3.05) is 25.0 Å². The SMILES string of the molecule is Cc1c(Cl)cccc1NC(=O)CCNC(=O)[C@H]1CNC[C@@H]1c1cnn(C)c1.Cl. The monoisotopic (exact) mass is 425 g/mol. The molecule has 1 saturated heterocycles. The predicted molar refractivity (Wildman–Crippen MR) is 112 cm³/mol. The van der Waals surface area contributed by atoms with Gasteiger partial charge in [-0.1, -0.05) is 17.7 Å². The van der Waals surface area contributed by atoms with Crippen LogP contribution in [-0.4, -0.2) is 41.2 Å². The fourth-order valence-electron chi connectivity index (χ4n) is 3.32. The number of carbonyl (C=O) groups is 2. The third-order valence-corrected chi connectivity index (χ3v) is 5.31. The number of benzene rings is 1. The van der Waals surface area contributed by atoms with E-state index in [1.54, 1.807) is 29.1 Å². The van der Waals surface area contributed by atoms with Crippen LogP contribution in [0.4, 0.5) is 5.69 Å². The number of hydrogen-bond acceptors (Lipinski definition) is 4. The number of aryl methyl sites for hydroxylation is 1. The molecule has 0 unspecified atom stereocenters. The molecule has 0 aliphatic carbocycles. The number of amides is 2.